The lowest BCUT2D eigenvalue weighted by molar-refractivity contribution is 0.435. The largest absolute Gasteiger partial charge is 0.494 e. The summed E-state index contributed by atoms with van der Waals surface area (Å²) >= 11 is 4.85. The summed E-state index contributed by atoms with van der Waals surface area (Å²) in [4.78, 5) is 23.2. The molecule has 152 valence electrons. The normalized spacial score (nSPS) is 13.0. The smallest absolute Gasteiger partial charge is 0.267 e. The molecule has 1 aromatic carbocycles. The van der Waals surface area contributed by atoms with Crippen molar-refractivity contribution in [3.05, 3.63) is 79.0 Å². The molecule has 0 aliphatic heterocycles. The number of thiophene rings is 1. The molecule has 5 rings (SSSR count). The van der Waals surface area contributed by atoms with Gasteiger partial charge in [0.1, 0.15) is 16.9 Å². The second-order valence-electron chi connectivity index (χ2n) is 7.17. The number of fused-ring (bicyclic) bond motifs is 2. The van der Waals surface area contributed by atoms with Crippen LogP contribution in [0.3, 0.4) is 0 Å². The van der Waals surface area contributed by atoms with Gasteiger partial charge in [0.25, 0.3) is 5.56 Å². The lowest BCUT2D eigenvalue weighted by Gasteiger charge is -2.13. The molecule has 0 saturated carbocycles. The van der Waals surface area contributed by atoms with Gasteiger partial charge in [-0.15, -0.1) is 11.3 Å². The van der Waals surface area contributed by atoms with E-state index in [1.54, 1.807) is 42.6 Å². The summed E-state index contributed by atoms with van der Waals surface area (Å²) in [6.07, 6.45) is 6.04. The van der Waals surface area contributed by atoms with Gasteiger partial charge in [-0.3, -0.25) is 4.79 Å². The Balaban J connectivity index is 1.72. The average Bonchev–Trinajstić information content (AvgIpc) is 3.36. The van der Waals surface area contributed by atoms with Crippen molar-refractivity contribution in [2.75, 3.05) is 0 Å². The maximum Gasteiger partial charge on any atom is 0.267 e. The SMILES string of the molecule is N#Cc1c(N=Cc2c(O)n(-c3ccc(Br)cn3)c(=O)c3ccccc23)sc2c1CCC2. The minimum atomic E-state index is -0.368. The van der Waals surface area contributed by atoms with E-state index in [-0.39, 0.29) is 11.4 Å². The molecule has 3 heterocycles. The van der Waals surface area contributed by atoms with E-state index in [2.05, 4.69) is 32.0 Å². The Labute approximate surface area is 189 Å². The van der Waals surface area contributed by atoms with Crippen molar-refractivity contribution in [3.8, 4) is 17.8 Å². The number of benzene rings is 1. The van der Waals surface area contributed by atoms with Crippen molar-refractivity contribution in [2.24, 2.45) is 4.99 Å². The number of aliphatic imine (C=N–C) groups is 1. The van der Waals surface area contributed by atoms with Crippen LogP contribution in [0.2, 0.25) is 0 Å². The van der Waals surface area contributed by atoms with E-state index in [1.807, 2.05) is 0 Å². The van der Waals surface area contributed by atoms with Crippen molar-refractivity contribution < 1.29 is 5.11 Å². The molecule has 6 nitrogen and oxygen atoms in total. The number of aryl methyl sites for hydroxylation is 1. The van der Waals surface area contributed by atoms with Crippen LogP contribution in [-0.4, -0.2) is 20.9 Å². The van der Waals surface area contributed by atoms with Crippen molar-refractivity contribution in [1.82, 2.24) is 9.55 Å². The van der Waals surface area contributed by atoms with Crippen LogP contribution in [0.1, 0.15) is 28.0 Å². The van der Waals surface area contributed by atoms with Gasteiger partial charge in [-0.2, -0.15) is 5.26 Å². The Morgan fingerprint density at radius 1 is 1.23 bits per heavy atom. The summed E-state index contributed by atoms with van der Waals surface area (Å²) in [5.41, 5.74) is 1.74. The monoisotopic (exact) mass is 490 g/mol. The Bertz CT molecular complexity index is 1460. The number of rotatable bonds is 3. The standard InChI is InChI=1S/C23H15BrN4O2S/c24-13-8-9-20(26-11-13)28-22(29)16-5-2-1-4-14(16)18(23(28)30)12-27-21-17(10-25)15-6-3-7-19(15)31-21/h1-2,4-5,8-9,11-12,30H,3,6-7H2. The zero-order valence-electron chi connectivity index (χ0n) is 16.2. The summed E-state index contributed by atoms with van der Waals surface area (Å²) in [5, 5.41) is 22.4. The lowest BCUT2D eigenvalue weighted by atomic mass is 10.1. The Kier molecular flexibility index (Phi) is 4.93. The number of aromatic hydroxyl groups is 1. The first-order chi connectivity index (χ1) is 15.1. The highest BCUT2D eigenvalue weighted by Crippen LogP contribution is 2.40. The van der Waals surface area contributed by atoms with Crippen LogP contribution in [0.15, 0.2) is 56.9 Å². The van der Waals surface area contributed by atoms with Gasteiger partial charge in [0.2, 0.25) is 5.88 Å². The highest BCUT2D eigenvalue weighted by Gasteiger charge is 2.22. The van der Waals surface area contributed by atoms with E-state index in [0.29, 0.717) is 32.7 Å². The molecule has 0 atom stereocenters. The first-order valence-electron chi connectivity index (χ1n) is 9.66. The van der Waals surface area contributed by atoms with Crippen molar-refractivity contribution in [2.45, 2.75) is 19.3 Å². The zero-order valence-corrected chi connectivity index (χ0v) is 18.6. The number of halogens is 1. The van der Waals surface area contributed by atoms with Crippen molar-refractivity contribution in [3.63, 3.8) is 0 Å². The molecule has 0 radical (unpaired) electrons. The molecule has 3 aromatic heterocycles. The minimum Gasteiger partial charge on any atom is -0.494 e. The van der Waals surface area contributed by atoms with Crippen LogP contribution in [0, 0.1) is 11.3 Å². The van der Waals surface area contributed by atoms with Crippen molar-refractivity contribution in [1.29, 1.82) is 5.26 Å². The van der Waals surface area contributed by atoms with E-state index >= 15 is 0 Å². The van der Waals surface area contributed by atoms with Crippen molar-refractivity contribution >= 4 is 49.3 Å². The van der Waals surface area contributed by atoms with E-state index in [0.717, 1.165) is 29.3 Å². The Morgan fingerprint density at radius 3 is 2.77 bits per heavy atom. The summed E-state index contributed by atoms with van der Waals surface area (Å²) in [6.45, 7) is 0. The van der Waals surface area contributed by atoms with Gasteiger partial charge in [0.05, 0.1) is 11.1 Å². The van der Waals surface area contributed by atoms with Crippen LogP contribution in [0.25, 0.3) is 16.6 Å². The van der Waals surface area contributed by atoms with Crippen LogP contribution in [-0.2, 0) is 12.8 Å². The molecule has 0 amide bonds. The molecule has 0 bridgehead atoms. The fourth-order valence-electron chi connectivity index (χ4n) is 3.92. The first kappa shape index (κ1) is 19.7. The molecule has 0 unspecified atom stereocenters. The molecule has 0 spiro atoms. The molecule has 8 heteroatoms. The molecule has 0 fully saturated rings. The molecule has 31 heavy (non-hydrogen) atoms. The number of pyridine rings is 2. The predicted molar refractivity (Wildman–Crippen MR) is 125 cm³/mol. The number of hydrogen-bond donors (Lipinski definition) is 1. The van der Waals surface area contributed by atoms with Gasteiger partial charge in [-0.1, -0.05) is 18.2 Å². The topological polar surface area (TPSA) is 91.3 Å². The molecule has 4 aromatic rings. The quantitative estimate of drug-likeness (QED) is 0.407. The fourth-order valence-corrected chi connectivity index (χ4v) is 5.34. The molecule has 1 aliphatic rings. The third-order valence-corrected chi connectivity index (χ3v) is 7.04. The number of nitrogens with zero attached hydrogens (tertiary/aromatic N) is 4. The molecule has 0 saturated heterocycles. The molecule has 1 N–H and O–H groups in total. The van der Waals surface area contributed by atoms with E-state index in [4.69, 9.17) is 0 Å². The molecule has 1 aliphatic carbocycles. The fraction of sp³-hybridized carbons (Fsp3) is 0.130. The third-order valence-electron chi connectivity index (χ3n) is 5.37. The summed E-state index contributed by atoms with van der Waals surface area (Å²) < 4.78 is 1.94. The molecular weight excluding hydrogens is 476 g/mol. The highest BCUT2D eigenvalue weighted by atomic mass is 79.9. The van der Waals surface area contributed by atoms with Gasteiger partial charge in [-0.05, 0) is 59.0 Å². The second kappa shape index (κ2) is 7.76. The van der Waals surface area contributed by atoms with Gasteiger partial charge in [0.15, 0.2) is 0 Å². The average molecular weight is 491 g/mol. The van der Waals surface area contributed by atoms with Gasteiger partial charge in [0, 0.05) is 32.5 Å². The first-order valence-corrected chi connectivity index (χ1v) is 11.3. The Hall–Kier alpha value is -3.28. The maximum atomic E-state index is 13.1. The predicted octanol–water partition coefficient (Wildman–Crippen LogP) is 5.03. The van der Waals surface area contributed by atoms with E-state index in [1.165, 1.54) is 27.0 Å². The second-order valence-corrected chi connectivity index (χ2v) is 9.16. The Morgan fingerprint density at radius 2 is 2.03 bits per heavy atom. The van der Waals surface area contributed by atoms with E-state index < -0.39 is 0 Å². The van der Waals surface area contributed by atoms with Crippen LogP contribution in [0.5, 0.6) is 5.88 Å². The summed E-state index contributed by atoms with van der Waals surface area (Å²) in [5.74, 6) is 0.0591. The van der Waals surface area contributed by atoms with Gasteiger partial charge < -0.3 is 5.11 Å². The van der Waals surface area contributed by atoms with Crippen LogP contribution in [0.4, 0.5) is 5.00 Å². The zero-order chi connectivity index (χ0) is 21.5. The van der Waals surface area contributed by atoms with E-state index in [9.17, 15) is 15.2 Å². The van der Waals surface area contributed by atoms with Gasteiger partial charge >= 0.3 is 0 Å². The number of hydrogen-bond acceptors (Lipinski definition) is 6. The highest BCUT2D eigenvalue weighted by molar-refractivity contribution is 9.10. The third kappa shape index (κ3) is 3.26. The summed E-state index contributed by atoms with van der Waals surface area (Å²) in [7, 11) is 0. The maximum absolute atomic E-state index is 13.1. The summed E-state index contributed by atoms with van der Waals surface area (Å²) in [6, 6.07) is 12.8. The molecular formula is C23H15BrN4O2S. The number of nitriles is 1. The van der Waals surface area contributed by atoms with Gasteiger partial charge in [-0.25, -0.2) is 14.5 Å². The minimum absolute atomic E-state index is 0.245. The van der Waals surface area contributed by atoms with Crippen LogP contribution < -0.4 is 5.56 Å². The number of aromatic nitrogens is 2. The lowest BCUT2D eigenvalue weighted by Crippen LogP contribution is -2.21. The van der Waals surface area contributed by atoms with Crippen LogP contribution >= 0.6 is 27.3 Å².